The highest BCUT2D eigenvalue weighted by molar-refractivity contribution is 9.10. The summed E-state index contributed by atoms with van der Waals surface area (Å²) in [5.41, 5.74) is 9.33. The summed E-state index contributed by atoms with van der Waals surface area (Å²) < 4.78 is 0.961. The second kappa shape index (κ2) is 6.27. The van der Waals surface area contributed by atoms with Crippen LogP contribution >= 0.6 is 39.1 Å². The molecule has 0 aliphatic heterocycles. The van der Waals surface area contributed by atoms with E-state index in [0.717, 1.165) is 21.2 Å². The van der Waals surface area contributed by atoms with Gasteiger partial charge in [-0.25, -0.2) is 0 Å². The Labute approximate surface area is 131 Å². The van der Waals surface area contributed by atoms with Crippen LogP contribution in [0.3, 0.4) is 0 Å². The van der Waals surface area contributed by atoms with E-state index in [9.17, 15) is 0 Å². The second-order valence-corrected chi connectivity index (χ2v) is 6.30. The van der Waals surface area contributed by atoms with E-state index >= 15 is 0 Å². The first-order valence-electron chi connectivity index (χ1n) is 5.93. The topological polar surface area (TPSA) is 26.0 Å². The SMILES string of the molecule is Cc1ccc(C(N)Cc2ccc(Br)cc2Cl)c(Cl)c1. The number of rotatable bonds is 3. The van der Waals surface area contributed by atoms with Crippen LogP contribution in [-0.2, 0) is 6.42 Å². The van der Waals surface area contributed by atoms with E-state index in [4.69, 9.17) is 28.9 Å². The van der Waals surface area contributed by atoms with Crippen molar-refractivity contribution in [1.82, 2.24) is 0 Å². The Morgan fingerprint density at radius 2 is 1.84 bits per heavy atom. The number of nitrogens with two attached hydrogens (primary N) is 1. The van der Waals surface area contributed by atoms with E-state index in [1.165, 1.54) is 0 Å². The molecule has 0 spiro atoms. The molecule has 0 saturated heterocycles. The molecular weight excluding hydrogens is 345 g/mol. The van der Waals surface area contributed by atoms with Crippen molar-refractivity contribution in [3.05, 3.63) is 67.6 Å². The maximum atomic E-state index is 6.24. The van der Waals surface area contributed by atoms with Crippen molar-refractivity contribution < 1.29 is 0 Å². The smallest absolute Gasteiger partial charge is 0.0456 e. The van der Waals surface area contributed by atoms with Gasteiger partial charge in [0.2, 0.25) is 0 Å². The Morgan fingerprint density at radius 1 is 1.11 bits per heavy atom. The van der Waals surface area contributed by atoms with Crippen LogP contribution in [0.15, 0.2) is 40.9 Å². The zero-order chi connectivity index (χ0) is 14.0. The third kappa shape index (κ3) is 3.73. The van der Waals surface area contributed by atoms with Crippen molar-refractivity contribution in [1.29, 1.82) is 0 Å². The molecule has 2 aromatic carbocycles. The van der Waals surface area contributed by atoms with Gasteiger partial charge in [-0.05, 0) is 48.2 Å². The summed E-state index contributed by atoms with van der Waals surface area (Å²) in [6.45, 7) is 2.01. The third-order valence-electron chi connectivity index (χ3n) is 3.01. The largest absolute Gasteiger partial charge is 0.324 e. The van der Waals surface area contributed by atoms with Crippen LogP contribution in [0.25, 0.3) is 0 Å². The number of hydrogen-bond acceptors (Lipinski definition) is 1. The Morgan fingerprint density at radius 3 is 2.47 bits per heavy atom. The van der Waals surface area contributed by atoms with Gasteiger partial charge in [-0.1, -0.05) is 57.3 Å². The fourth-order valence-corrected chi connectivity index (χ4v) is 3.09. The molecule has 2 aromatic rings. The second-order valence-electron chi connectivity index (χ2n) is 4.57. The lowest BCUT2D eigenvalue weighted by Gasteiger charge is -2.15. The molecule has 0 aliphatic carbocycles. The molecule has 0 aromatic heterocycles. The normalized spacial score (nSPS) is 12.5. The fraction of sp³-hybridized carbons (Fsp3) is 0.200. The summed E-state index contributed by atoms with van der Waals surface area (Å²) in [5.74, 6) is 0. The number of halogens is 3. The first kappa shape index (κ1) is 14.9. The van der Waals surface area contributed by atoms with Crippen molar-refractivity contribution in [2.45, 2.75) is 19.4 Å². The Hall–Kier alpha value is -0.540. The number of benzene rings is 2. The molecule has 1 unspecified atom stereocenters. The lowest BCUT2D eigenvalue weighted by Crippen LogP contribution is -2.14. The first-order chi connectivity index (χ1) is 8.97. The zero-order valence-electron chi connectivity index (χ0n) is 10.5. The molecule has 0 amide bonds. The molecule has 0 fully saturated rings. The highest BCUT2D eigenvalue weighted by Crippen LogP contribution is 2.28. The minimum atomic E-state index is -0.160. The lowest BCUT2D eigenvalue weighted by molar-refractivity contribution is 0.722. The van der Waals surface area contributed by atoms with Crippen molar-refractivity contribution in [3.63, 3.8) is 0 Å². The monoisotopic (exact) mass is 357 g/mol. The highest BCUT2D eigenvalue weighted by Gasteiger charge is 2.13. The van der Waals surface area contributed by atoms with Crippen molar-refractivity contribution in [3.8, 4) is 0 Å². The van der Waals surface area contributed by atoms with E-state index in [2.05, 4.69) is 15.9 Å². The average Bonchev–Trinajstić information content (AvgIpc) is 2.32. The minimum absolute atomic E-state index is 0.160. The molecule has 4 heteroatoms. The van der Waals surface area contributed by atoms with Crippen LogP contribution in [-0.4, -0.2) is 0 Å². The van der Waals surface area contributed by atoms with Crippen LogP contribution in [0.2, 0.25) is 10.0 Å². The molecular formula is C15H14BrCl2N. The summed E-state index contributed by atoms with van der Waals surface area (Å²) in [7, 11) is 0. The van der Waals surface area contributed by atoms with Gasteiger partial charge in [0, 0.05) is 20.6 Å². The summed E-state index contributed by atoms with van der Waals surface area (Å²) in [6, 6.07) is 11.6. The van der Waals surface area contributed by atoms with E-state index < -0.39 is 0 Å². The highest BCUT2D eigenvalue weighted by atomic mass is 79.9. The molecule has 0 aliphatic rings. The molecule has 0 saturated carbocycles. The van der Waals surface area contributed by atoms with Gasteiger partial charge in [0.05, 0.1) is 0 Å². The average molecular weight is 359 g/mol. The summed E-state index contributed by atoms with van der Waals surface area (Å²) in [6.07, 6.45) is 0.662. The molecule has 100 valence electrons. The van der Waals surface area contributed by atoms with Gasteiger partial charge in [0.25, 0.3) is 0 Å². The van der Waals surface area contributed by atoms with Gasteiger partial charge in [-0.15, -0.1) is 0 Å². The van der Waals surface area contributed by atoms with Gasteiger partial charge < -0.3 is 5.73 Å². The fourth-order valence-electron chi connectivity index (χ4n) is 1.97. The van der Waals surface area contributed by atoms with E-state index in [0.29, 0.717) is 16.5 Å². The predicted molar refractivity (Wildman–Crippen MR) is 86.0 cm³/mol. The maximum Gasteiger partial charge on any atom is 0.0456 e. The Bertz CT molecular complexity index is 599. The predicted octanol–water partition coefficient (Wildman–Crippen LogP) is 5.31. The van der Waals surface area contributed by atoms with Crippen LogP contribution in [0.4, 0.5) is 0 Å². The summed E-state index contributed by atoms with van der Waals surface area (Å²) in [4.78, 5) is 0. The van der Waals surface area contributed by atoms with Crippen LogP contribution in [0.1, 0.15) is 22.7 Å². The van der Waals surface area contributed by atoms with Crippen LogP contribution in [0, 0.1) is 6.92 Å². The minimum Gasteiger partial charge on any atom is -0.324 e. The number of aryl methyl sites for hydroxylation is 1. The first-order valence-corrected chi connectivity index (χ1v) is 7.48. The molecule has 0 bridgehead atoms. The Balaban J connectivity index is 2.23. The van der Waals surface area contributed by atoms with Gasteiger partial charge in [0.1, 0.15) is 0 Å². The van der Waals surface area contributed by atoms with Gasteiger partial charge in [-0.2, -0.15) is 0 Å². The Kier molecular flexibility index (Phi) is 4.91. The summed E-state index contributed by atoms with van der Waals surface area (Å²) >= 11 is 15.8. The molecule has 2 rings (SSSR count). The maximum absolute atomic E-state index is 6.24. The summed E-state index contributed by atoms with van der Waals surface area (Å²) in [5, 5.41) is 1.42. The third-order valence-corrected chi connectivity index (χ3v) is 4.18. The van der Waals surface area contributed by atoms with Crippen molar-refractivity contribution in [2.24, 2.45) is 5.73 Å². The molecule has 19 heavy (non-hydrogen) atoms. The zero-order valence-corrected chi connectivity index (χ0v) is 13.6. The molecule has 2 N–H and O–H groups in total. The lowest BCUT2D eigenvalue weighted by atomic mass is 9.99. The number of hydrogen-bond donors (Lipinski definition) is 1. The van der Waals surface area contributed by atoms with Crippen molar-refractivity contribution in [2.75, 3.05) is 0 Å². The van der Waals surface area contributed by atoms with E-state index in [1.807, 2.05) is 43.3 Å². The molecule has 1 atom stereocenters. The van der Waals surface area contributed by atoms with Gasteiger partial charge in [-0.3, -0.25) is 0 Å². The van der Waals surface area contributed by atoms with E-state index in [1.54, 1.807) is 0 Å². The standard InChI is InChI=1S/C15H14BrCl2N/c1-9-2-5-12(14(18)6-9)15(19)7-10-3-4-11(16)8-13(10)17/h2-6,8,15H,7,19H2,1H3. The molecule has 0 heterocycles. The van der Waals surface area contributed by atoms with Gasteiger partial charge in [0.15, 0.2) is 0 Å². The van der Waals surface area contributed by atoms with Crippen LogP contribution in [0.5, 0.6) is 0 Å². The van der Waals surface area contributed by atoms with Crippen LogP contribution < -0.4 is 5.73 Å². The van der Waals surface area contributed by atoms with Gasteiger partial charge >= 0.3 is 0 Å². The molecule has 0 radical (unpaired) electrons. The van der Waals surface area contributed by atoms with E-state index in [-0.39, 0.29) is 6.04 Å². The molecule has 1 nitrogen and oxygen atoms in total. The van der Waals surface area contributed by atoms with Crippen molar-refractivity contribution >= 4 is 39.1 Å². The quantitative estimate of drug-likeness (QED) is 0.790.